The summed E-state index contributed by atoms with van der Waals surface area (Å²) in [5.41, 5.74) is 0. The van der Waals surface area contributed by atoms with Gasteiger partial charge in [0, 0.05) is 14.2 Å². The van der Waals surface area contributed by atoms with E-state index in [2.05, 4.69) is 0 Å². The largest absolute Gasteiger partial charge is 0.492 e. The lowest BCUT2D eigenvalue weighted by atomic mass is 10.3. The van der Waals surface area contributed by atoms with E-state index < -0.39 is 8.56 Å². The van der Waals surface area contributed by atoms with E-state index in [-0.39, 0.29) is 0 Å². The normalized spacial score (nSPS) is 11.4. The Morgan fingerprint density at radius 2 is 1.64 bits per heavy atom. The molecular weight excluding hydrogens is 196 g/mol. The van der Waals surface area contributed by atoms with E-state index >= 15 is 0 Å². The molecule has 0 unspecified atom stereocenters. The van der Waals surface area contributed by atoms with Crippen LogP contribution in [0.3, 0.4) is 0 Å². The Bertz CT molecular complexity index is 259. The molecule has 0 bridgehead atoms. The van der Waals surface area contributed by atoms with E-state index in [0.717, 1.165) is 5.75 Å². The predicted octanol–water partition coefficient (Wildman–Crippen LogP) is 1.97. The predicted molar refractivity (Wildman–Crippen MR) is 57.6 cm³/mol. The highest BCUT2D eigenvalue weighted by Crippen LogP contribution is 2.12. The second-order valence-corrected chi connectivity index (χ2v) is 6.52. The quantitative estimate of drug-likeness (QED) is 0.698. The molecule has 0 aromatic heterocycles. The van der Waals surface area contributed by atoms with Crippen LogP contribution in [0.15, 0.2) is 30.3 Å². The van der Waals surface area contributed by atoms with Gasteiger partial charge in [0.25, 0.3) is 0 Å². The summed E-state index contributed by atoms with van der Waals surface area (Å²) in [5.74, 6) is 0.848. The van der Waals surface area contributed by atoms with E-state index in [1.807, 2.05) is 36.9 Å². The van der Waals surface area contributed by atoms with Crippen molar-refractivity contribution in [3.63, 3.8) is 0 Å². The number of ether oxygens (including phenoxy) is 1. The van der Waals surface area contributed by atoms with Crippen molar-refractivity contribution in [2.75, 3.05) is 20.4 Å². The fourth-order valence-corrected chi connectivity index (χ4v) is 1.76. The molecule has 0 fully saturated rings. The second-order valence-electron chi connectivity index (χ2n) is 3.14. The first kappa shape index (κ1) is 11.2. The van der Waals surface area contributed by atoms with Gasteiger partial charge in [-0.05, 0) is 18.7 Å². The van der Waals surface area contributed by atoms with Crippen LogP contribution in [0.4, 0.5) is 0 Å². The third kappa shape index (κ3) is 3.14. The summed E-state index contributed by atoms with van der Waals surface area (Å²) in [7, 11) is 1.21. The maximum atomic E-state index is 5.56. The molecule has 0 saturated carbocycles. The number of para-hydroxylation sites is 1. The van der Waals surface area contributed by atoms with E-state index in [9.17, 15) is 0 Å². The molecule has 0 N–H and O–H groups in total. The maximum Gasteiger partial charge on any atom is 0.373 e. The topological polar surface area (TPSA) is 27.7 Å². The zero-order valence-electron chi connectivity index (χ0n) is 8.82. The molecule has 0 atom stereocenters. The summed E-state index contributed by atoms with van der Waals surface area (Å²) in [6, 6.07) is 9.66. The van der Waals surface area contributed by atoms with Gasteiger partial charge in [0.15, 0.2) is 0 Å². The Kier molecular flexibility index (Phi) is 4.12. The van der Waals surface area contributed by atoms with Crippen LogP contribution < -0.4 is 4.74 Å². The van der Waals surface area contributed by atoms with Gasteiger partial charge in [-0.15, -0.1) is 0 Å². The van der Waals surface area contributed by atoms with Crippen LogP contribution in [0.25, 0.3) is 0 Å². The third-order valence-electron chi connectivity index (χ3n) is 2.11. The van der Waals surface area contributed by atoms with Gasteiger partial charge in [-0.25, -0.2) is 0 Å². The monoisotopic (exact) mass is 212 g/mol. The van der Waals surface area contributed by atoms with Crippen molar-refractivity contribution < 1.29 is 13.6 Å². The third-order valence-corrected chi connectivity index (χ3v) is 4.50. The van der Waals surface area contributed by atoms with Gasteiger partial charge >= 0.3 is 8.56 Å². The Labute approximate surface area is 85.9 Å². The highest BCUT2D eigenvalue weighted by Gasteiger charge is 2.29. The SMILES string of the molecule is CO[Si](C)(COc1ccccc1)OC. The van der Waals surface area contributed by atoms with Crippen molar-refractivity contribution in [2.45, 2.75) is 6.55 Å². The zero-order chi connectivity index (χ0) is 10.4. The average Bonchev–Trinajstić information content (AvgIpc) is 2.27. The fraction of sp³-hybridized carbons (Fsp3) is 0.400. The van der Waals surface area contributed by atoms with E-state index in [4.69, 9.17) is 13.6 Å². The molecule has 0 aliphatic heterocycles. The van der Waals surface area contributed by atoms with Gasteiger partial charge < -0.3 is 13.6 Å². The van der Waals surface area contributed by atoms with Gasteiger partial charge in [0.2, 0.25) is 0 Å². The van der Waals surface area contributed by atoms with Gasteiger partial charge in [-0.1, -0.05) is 18.2 Å². The van der Waals surface area contributed by atoms with Crippen molar-refractivity contribution in [3.05, 3.63) is 30.3 Å². The molecule has 1 aromatic carbocycles. The Balaban J connectivity index is 2.48. The first-order valence-corrected chi connectivity index (χ1v) is 7.01. The van der Waals surface area contributed by atoms with Crippen molar-refractivity contribution in [1.82, 2.24) is 0 Å². The summed E-state index contributed by atoms with van der Waals surface area (Å²) in [5, 5.41) is 0. The summed E-state index contributed by atoms with van der Waals surface area (Å²) in [6.45, 7) is 1.97. The zero-order valence-corrected chi connectivity index (χ0v) is 9.82. The lowest BCUT2D eigenvalue weighted by Gasteiger charge is -2.22. The number of hydrogen-bond acceptors (Lipinski definition) is 3. The lowest BCUT2D eigenvalue weighted by Crippen LogP contribution is -2.43. The number of rotatable bonds is 5. The standard InChI is InChI=1S/C10H16O3Si/c1-11-14(3,12-2)9-13-10-7-5-4-6-8-10/h4-8H,9H2,1-3H3. The molecular formula is C10H16O3Si. The van der Waals surface area contributed by atoms with Gasteiger partial charge in [0.05, 0.1) is 0 Å². The molecule has 0 amide bonds. The fourth-order valence-electron chi connectivity index (χ4n) is 0.932. The molecule has 0 radical (unpaired) electrons. The summed E-state index contributed by atoms with van der Waals surface area (Å²) < 4.78 is 16.2. The Hall–Kier alpha value is -0.843. The summed E-state index contributed by atoms with van der Waals surface area (Å²) >= 11 is 0. The molecule has 0 saturated heterocycles. The minimum atomic E-state index is -2.10. The van der Waals surface area contributed by atoms with Crippen LogP contribution in [0, 0.1) is 0 Å². The van der Waals surface area contributed by atoms with Gasteiger partial charge in [0.1, 0.15) is 12.0 Å². The molecule has 1 rings (SSSR count). The molecule has 0 spiro atoms. The van der Waals surface area contributed by atoms with Gasteiger partial charge in [-0.3, -0.25) is 0 Å². The van der Waals surface area contributed by atoms with E-state index in [0.29, 0.717) is 6.23 Å². The number of benzene rings is 1. The van der Waals surface area contributed by atoms with Crippen LogP contribution in [0.1, 0.15) is 0 Å². The van der Waals surface area contributed by atoms with Crippen LogP contribution in [-0.4, -0.2) is 29.0 Å². The van der Waals surface area contributed by atoms with Crippen molar-refractivity contribution in [2.24, 2.45) is 0 Å². The maximum absolute atomic E-state index is 5.56. The molecule has 1 aromatic rings. The van der Waals surface area contributed by atoms with Crippen molar-refractivity contribution >= 4 is 8.56 Å². The Morgan fingerprint density at radius 3 is 2.14 bits per heavy atom. The van der Waals surface area contributed by atoms with Crippen LogP contribution >= 0.6 is 0 Å². The van der Waals surface area contributed by atoms with Gasteiger partial charge in [-0.2, -0.15) is 0 Å². The van der Waals surface area contributed by atoms with Crippen molar-refractivity contribution in [1.29, 1.82) is 0 Å². The minimum Gasteiger partial charge on any atom is -0.492 e. The highest BCUT2D eigenvalue weighted by atomic mass is 28.4. The first-order chi connectivity index (χ1) is 6.70. The first-order valence-electron chi connectivity index (χ1n) is 4.48. The second kappa shape index (κ2) is 5.14. The smallest absolute Gasteiger partial charge is 0.373 e. The molecule has 4 heteroatoms. The molecule has 0 aliphatic rings. The summed E-state index contributed by atoms with van der Waals surface area (Å²) in [4.78, 5) is 0. The Morgan fingerprint density at radius 1 is 1.07 bits per heavy atom. The highest BCUT2D eigenvalue weighted by molar-refractivity contribution is 6.65. The minimum absolute atomic E-state index is 0.504. The molecule has 0 aliphatic carbocycles. The van der Waals surface area contributed by atoms with Crippen LogP contribution in [0.2, 0.25) is 6.55 Å². The molecule has 14 heavy (non-hydrogen) atoms. The van der Waals surface area contributed by atoms with E-state index in [1.165, 1.54) is 0 Å². The molecule has 78 valence electrons. The molecule has 3 nitrogen and oxygen atoms in total. The average molecular weight is 212 g/mol. The van der Waals surface area contributed by atoms with Crippen LogP contribution in [0.5, 0.6) is 5.75 Å². The van der Waals surface area contributed by atoms with E-state index in [1.54, 1.807) is 14.2 Å². The van der Waals surface area contributed by atoms with Crippen LogP contribution in [-0.2, 0) is 8.85 Å². The molecule has 0 heterocycles. The van der Waals surface area contributed by atoms with Crippen molar-refractivity contribution in [3.8, 4) is 5.75 Å². The number of hydrogen-bond donors (Lipinski definition) is 0. The lowest BCUT2D eigenvalue weighted by molar-refractivity contribution is 0.212. The summed E-state index contributed by atoms with van der Waals surface area (Å²) in [6.07, 6.45) is 0.504.